The lowest BCUT2D eigenvalue weighted by Gasteiger charge is -2.25. The molecule has 0 N–H and O–H groups in total. The predicted octanol–water partition coefficient (Wildman–Crippen LogP) is 3.15. The molecule has 0 aromatic heterocycles. The number of anilines is 1. The highest BCUT2D eigenvalue weighted by atomic mass is 16.6. The van der Waals surface area contributed by atoms with Crippen molar-refractivity contribution in [3.63, 3.8) is 0 Å². The molecular formula is C15H21NO4. The zero-order valence-electron chi connectivity index (χ0n) is 12.8. The van der Waals surface area contributed by atoms with Crippen molar-refractivity contribution in [1.29, 1.82) is 0 Å². The maximum atomic E-state index is 12.0. The molecule has 0 bridgehead atoms. The molecule has 0 fully saturated rings. The summed E-state index contributed by atoms with van der Waals surface area (Å²) in [4.78, 5) is 24.9. The van der Waals surface area contributed by atoms with Crippen LogP contribution in [0.5, 0.6) is 0 Å². The van der Waals surface area contributed by atoms with E-state index < -0.39 is 17.7 Å². The van der Waals surface area contributed by atoms with Gasteiger partial charge >= 0.3 is 12.1 Å². The fourth-order valence-electron chi connectivity index (χ4n) is 1.71. The molecule has 1 aromatic carbocycles. The SMILES string of the molecule is COC(=O)c1ccc(N(C)C(=O)OC(C)(C)C)c(C)c1. The number of benzene rings is 1. The van der Waals surface area contributed by atoms with Gasteiger partial charge in [0.05, 0.1) is 12.7 Å². The van der Waals surface area contributed by atoms with E-state index in [9.17, 15) is 9.59 Å². The van der Waals surface area contributed by atoms with Crippen LogP contribution >= 0.6 is 0 Å². The van der Waals surface area contributed by atoms with Crippen molar-refractivity contribution < 1.29 is 19.1 Å². The number of esters is 1. The number of carbonyl (C=O) groups is 2. The molecule has 1 rings (SSSR count). The number of nitrogens with zero attached hydrogens (tertiary/aromatic N) is 1. The van der Waals surface area contributed by atoms with Crippen LogP contribution in [0, 0.1) is 6.92 Å². The highest BCUT2D eigenvalue weighted by molar-refractivity contribution is 5.92. The standard InChI is InChI=1S/C15H21NO4/c1-10-9-11(13(17)19-6)7-8-12(10)16(5)14(18)20-15(2,3)4/h7-9H,1-6H3. The molecule has 20 heavy (non-hydrogen) atoms. The Bertz CT molecular complexity index is 517. The molecule has 0 radical (unpaired) electrons. The van der Waals surface area contributed by atoms with Gasteiger partial charge in [0.15, 0.2) is 0 Å². The van der Waals surface area contributed by atoms with E-state index in [4.69, 9.17) is 4.74 Å². The third kappa shape index (κ3) is 3.98. The van der Waals surface area contributed by atoms with Crippen molar-refractivity contribution in [3.8, 4) is 0 Å². The summed E-state index contributed by atoms with van der Waals surface area (Å²) in [5.74, 6) is -0.403. The van der Waals surface area contributed by atoms with E-state index >= 15 is 0 Å². The lowest BCUT2D eigenvalue weighted by atomic mass is 10.1. The molecule has 0 heterocycles. The summed E-state index contributed by atoms with van der Waals surface area (Å²) in [5.41, 5.74) is 1.38. The van der Waals surface area contributed by atoms with Crippen LogP contribution in [0.1, 0.15) is 36.7 Å². The first-order valence-electron chi connectivity index (χ1n) is 6.31. The maximum Gasteiger partial charge on any atom is 0.414 e. The van der Waals surface area contributed by atoms with E-state index in [1.165, 1.54) is 12.0 Å². The van der Waals surface area contributed by atoms with Gasteiger partial charge < -0.3 is 9.47 Å². The van der Waals surface area contributed by atoms with Crippen LogP contribution in [0.15, 0.2) is 18.2 Å². The first kappa shape index (κ1) is 16.0. The number of methoxy groups -OCH3 is 1. The first-order valence-corrected chi connectivity index (χ1v) is 6.31. The van der Waals surface area contributed by atoms with E-state index in [1.807, 2.05) is 27.7 Å². The van der Waals surface area contributed by atoms with Crippen LogP contribution < -0.4 is 4.90 Å². The van der Waals surface area contributed by atoms with Crippen molar-refractivity contribution in [3.05, 3.63) is 29.3 Å². The lowest BCUT2D eigenvalue weighted by Crippen LogP contribution is -2.34. The number of rotatable bonds is 2. The molecule has 1 aromatic rings. The number of carbonyl (C=O) groups excluding carboxylic acids is 2. The fraction of sp³-hybridized carbons (Fsp3) is 0.467. The normalized spacial score (nSPS) is 10.9. The molecule has 5 heteroatoms. The minimum Gasteiger partial charge on any atom is -0.465 e. The molecule has 110 valence electrons. The summed E-state index contributed by atoms with van der Waals surface area (Å²) < 4.78 is 9.96. The Morgan fingerprint density at radius 2 is 1.80 bits per heavy atom. The second-order valence-electron chi connectivity index (χ2n) is 5.53. The van der Waals surface area contributed by atoms with E-state index in [-0.39, 0.29) is 0 Å². The number of hydrogen-bond acceptors (Lipinski definition) is 4. The Morgan fingerprint density at radius 1 is 1.20 bits per heavy atom. The molecule has 0 aliphatic carbocycles. The van der Waals surface area contributed by atoms with Crippen LogP contribution in [0.25, 0.3) is 0 Å². The summed E-state index contributed by atoms with van der Waals surface area (Å²) in [5, 5.41) is 0. The Balaban J connectivity index is 2.97. The first-order chi connectivity index (χ1) is 9.15. The molecule has 5 nitrogen and oxygen atoms in total. The van der Waals surface area contributed by atoms with Gasteiger partial charge in [-0.25, -0.2) is 9.59 Å². The predicted molar refractivity (Wildman–Crippen MR) is 77.2 cm³/mol. The van der Waals surface area contributed by atoms with Gasteiger partial charge in [-0.3, -0.25) is 4.90 Å². The minimum atomic E-state index is -0.550. The molecule has 0 aliphatic rings. The molecule has 0 aliphatic heterocycles. The third-order valence-electron chi connectivity index (χ3n) is 2.65. The molecular weight excluding hydrogens is 258 g/mol. The lowest BCUT2D eigenvalue weighted by molar-refractivity contribution is 0.0585. The highest BCUT2D eigenvalue weighted by Crippen LogP contribution is 2.22. The van der Waals surface area contributed by atoms with Crippen molar-refractivity contribution in [2.24, 2.45) is 0 Å². The molecule has 0 atom stereocenters. The van der Waals surface area contributed by atoms with Gasteiger partial charge in [-0.15, -0.1) is 0 Å². The van der Waals surface area contributed by atoms with Crippen LogP contribution in [0.4, 0.5) is 10.5 Å². The molecule has 0 spiro atoms. The maximum absolute atomic E-state index is 12.0. The summed E-state index contributed by atoms with van der Waals surface area (Å²) in [6.45, 7) is 7.26. The van der Waals surface area contributed by atoms with E-state index in [2.05, 4.69) is 4.74 Å². The fourth-order valence-corrected chi connectivity index (χ4v) is 1.71. The van der Waals surface area contributed by atoms with Crippen LogP contribution in [0.3, 0.4) is 0 Å². The molecule has 0 saturated carbocycles. The largest absolute Gasteiger partial charge is 0.465 e. The monoisotopic (exact) mass is 279 g/mol. The summed E-state index contributed by atoms with van der Waals surface area (Å²) in [6, 6.07) is 5.00. The van der Waals surface area contributed by atoms with Crippen LogP contribution in [-0.4, -0.2) is 31.8 Å². The summed E-state index contributed by atoms with van der Waals surface area (Å²) in [6.07, 6.45) is -0.439. The topological polar surface area (TPSA) is 55.8 Å². The third-order valence-corrected chi connectivity index (χ3v) is 2.65. The van der Waals surface area contributed by atoms with Gasteiger partial charge in [0.25, 0.3) is 0 Å². The Labute approximate surface area is 119 Å². The number of aryl methyl sites for hydroxylation is 1. The van der Waals surface area contributed by atoms with E-state index in [0.717, 1.165) is 5.56 Å². The Hall–Kier alpha value is -2.04. The van der Waals surface area contributed by atoms with Gasteiger partial charge in [-0.1, -0.05) is 0 Å². The van der Waals surface area contributed by atoms with E-state index in [0.29, 0.717) is 11.3 Å². The summed E-state index contributed by atoms with van der Waals surface area (Å²) in [7, 11) is 2.96. The van der Waals surface area contributed by atoms with Gasteiger partial charge in [0.2, 0.25) is 0 Å². The molecule has 0 saturated heterocycles. The van der Waals surface area contributed by atoms with Gasteiger partial charge in [-0.05, 0) is 51.5 Å². The highest BCUT2D eigenvalue weighted by Gasteiger charge is 2.21. The minimum absolute atomic E-state index is 0.403. The van der Waals surface area contributed by atoms with Gasteiger partial charge in [0.1, 0.15) is 5.60 Å². The smallest absolute Gasteiger partial charge is 0.414 e. The number of hydrogen-bond donors (Lipinski definition) is 0. The van der Waals surface area contributed by atoms with Crippen molar-refractivity contribution in [2.75, 3.05) is 19.1 Å². The molecule has 1 amide bonds. The van der Waals surface area contributed by atoms with Crippen molar-refractivity contribution >= 4 is 17.7 Å². The second kappa shape index (κ2) is 5.94. The quantitative estimate of drug-likeness (QED) is 0.780. The average molecular weight is 279 g/mol. The van der Waals surface area contributed by atoms with Crippen LogP contribution in [0.2, 0.25) is 0 Å². The van der Waals surface area contributed by atoms with Crippen molar-refractivity contribution in [1.82, 2.24) is 0 Å². The van der Waals surface area contributed by atoms with Crippen LogP contribution in [-0.2, 0) is 9.47 Å². The van der Waals surface area contributed by atoms with Gasteiger partial charge in [0, 0.05) is 12.7 Å². The Morgan fingerprint density at radius 3 is 2.25 bits per heavy atom. The van der Waals surface area contributed by atoms with Gasteiger partial charge in [-0.2, -0.15) is 0 Å². The number of amides is 1. The second-order valence-corrected chi connectivity index (χ2v) is 5.53. The molecule has 0 unspecified atom stereocenters. The average Bonchev–Trinajstić information content (AvgIpc) is 2.34. The zero-order valence-corrected chi connectivity index (χ0v) is 12.8. The number of ether oxygens (including phenoxy) is 2. The van der Waals surface area contributed by atoms with E-state index in [1.54, 1.807) is 25.2 Å². The zero-order chi connectivity index (χ0) is 15.5. The summed E-state index contributed by atoms with van der Waals surface area (Å²) >= 11 is 0. The Kier molecular flexibility index (Phi) is 4.76. The van der Waals surface area contributed by atoms with Crippen molar-refractivity contribution in [2.45, 2.75) is 33.3 Å².